The maximum absolute atomic E-state index is 11.7. The van der Waals surface area contributed by atoms with Crippen LogP contribution in [0.3, 0.4) is 0 Å². The van der Waals surface area contributed by atoms with Crippen LogP contribution in [0.2, 0.25) is 0 Å². The van der Waals surface area contributed by atoms with Gasteiger partial charge in [-0.15, -0.1) is 0 Å². The van der Waals surface area contributed by atoms with Gasteiger partial charge in [-0.1, -0.05) is 0 Å². The molecule has 0 spiro atoms. The second kappa shape index (κ2) is 5.90. The Hall–Kier alpha value is -1.23. The molecule has 0 radical (unpaired) electrons. The molecular formula is C11H17N5O7P2. The minimum absolute atomic E-state index is 0.198. The summed E-state index contributed by atoms with van der Waals surface area (Å²) in [5.41, 5.74) is 6.07. The van der Waals surface area contributed by atoms with Gasteiger partial charge in [0.2, 0.25) is 0 Å². The minimum atomic E-state index is -4.44. The van der Waals surface area contributed by atoms with Crippen molar-refractivity contribution in [3.63, 3.8) is 0 Å². The van der Waals surface area contributed by atoms with Crippen LogP contribution in [0, 0.1) is 5.92 Å². The molecule has 138 valence electrons. The van der Waals surface area contributed by atoms with E-state index in [1.165, 1.54) is 6.20 Å². The van der Waals surface area contributed by atoms with Crippen LogP contribution < -0.4 is 5.73 Å². The van der Waals surface area contributed by atoms with E-state index in [0.717, 1.165) is 0 Å². The van der Waals surface area contributed by atoms with Gasteiger partial charge in [-0.25, -0.2) is 0 Å². The first kappa shape index (κ1) is 17.2. The number of hydrogen-bond donors (Lipinski definition) is 5. The number of anilines is 1. The van der Waals surface area contributed by atoms with Gasteiger partial charge < -0.3 is 0 Å². The van der Waals surface area contributed by atoms with Crippen molar-refractivity contribution in [1.82, 2.24) is 19.6 Å². The summed E-state index contributed by atoms with van der Waals surface area (Å²) in [5, 5.41) is 18.4. The first-order chi connectivity index (χ1) is 11.8. The van der Waals surface area contributed by atoms with Crippen LogP contribution in [0.1, 0.15) is 11.9 Å². The van der Waals surface area contributed by atoms with Crippen LogP contribution in [0.25, 0.3) is 5.65 Å². The van der Waals surface area contributed by atoms with Crippen molar-refractivity contribution in [3.8, 4) is 0 Å². The van der Waals surface area contributed by atoms with Crippen LogP contribution in [0.15, 0.2) is 12.4 Å². The quantitative estimate of drug-likeness (QED) is 0.369. The summed E-state index contributed by atoms with van der Waals surface area (Å²) in [6.07, 6.45) is 0.237. The third-order valence-electron chi connectivity index (χ3n) is 4.23. The zero-order valence-corrected chi connectivity index (χ0v) is 14.6. The zero-order valence-electron chi connectivity index (χ0n) is 12.6. The number of ether oxygens (including phenoxy) is 1. The summed E-state index contributed by atoms with van der Waals surface area (Å²) in [7, 11) is -7.29. The van der Waals surface area contributed by atoms with Crippen LogP contribution in [0.5, 0.6) is 0 Å². The van der Waals surface area contributed by atoms with Crippen molar-refractivity contribution < 1.29 is 33.6 Å². The van der Waals surface area contributed by atoms with E-state index in [9.17, 15) is 9.67 Å². The van der Waals surface area contributed by atoms with Crippen LogP contribution in [0.4, 0.5) is 5.82 Å². The van der Waals surface area contributed by atoms with E-state index in [1.54, 1.807) is 10.6 Å². The van der Waals surface area contributed by atoms with E-state index in [0.29, 0.717) is 11.5 Å². The molecule has 12 nitrogen and oxygen atoms in total. The molecule has 6 N–H and O–H groups in total. The van der Waals surface area contributed by atoms with Crippen molar-refractivity contribution in [2.75, 3.05) is 11.6 Å². The topological polar surface area (TPSA) is 186 Å². The van der Waals surface area contributed by atoms with Gasteiger partial charge in [0.25, 0.3) is 0 Å². The van der Waals surface area contributed by atoms with Gasteiger partial charge in [0.1, 0.15) is 0 Å². The molecule has 2 aromatic heterocycles. The molecule has 2 fully saturated rings. The molecule has 6 atom stereocenters. The fraction of sp³-hybridized carbons (Fsp3) is 0.545. The first-order valence-corrected chi connectivity index (χ1v) is 11.0. The van der Waals surface area contributed by atoms with Gasteiger partial charge in [-0.05, 0) is 0 Å². The number of aromatic nitrogens is 4. The molecule has 2 aliphatic rings. The Morgan fingerprint density at radius 2 is 2.16 bits per heavy atom. The monoisotopic (exact) mass is 393 g/mol. The molecule has 4 unspecified atom stereocenters. The molecule has 3 heterocycles. The SMILES string of the molecule is Nc1nccn2c(C3O[C@@H]4C(O[PH](=O)C[PH](O)(O)O)C4[C@H]3O)nnc12. The van der Waals surface area contributed by atoms with Crippen LogP contribution in [-0.4, -0.2) is 63.6 Å². The molecule has 25 heavy (non-hydrogen) atoms. The molecule has 2 aromatic rings. The maximum atomic E-state index is 11.7. The molecular weight excluding hydrogens is 376 g/mol. The predicted octanol–water partition coefficient (Wildman–Crippen LogP) is -1.57. The average Bonchev–Trinajstić information content (AvgIpc) is 2.85. The standard InChI is InChI=1S/C11H17N5O7P2/c12-9-11-15-14-10(16(11)2-1-13-9)8-5(17)4-6(22-8)7(4)23-24(18)3-25(19,20)21/h1-2,4-8,17,19-21,24-25H,3H2,(H2,12,13)/t4?,5-,6+,7?,8?/m1/s1. The number of rotatable bonds is 5. The molecule has 1 saturated heterocycles. The van der Waals surface area contributed by atoms with Gasteiger partial charge in [0.05, 0.1) is 0 Å². The molecule has 0 bridgehead atoms. The van der Waals surface area contributed by atoms with Gasteiger partial charge in [0.15, 0.2) is 0 Å². The summed E-state index contributed by atoms with van der Waals surface area (Å²) in [4.78, 5) is 30.7. The first-order valence-electron chi connectivity index (χ1n) is 7.41. The molecule has 1 saturated carbocycles. The van der Waals surface area contributed by atoms with E-state index in [-0.39, 0.29) is 5.82 Å². The number of nitrogens with zero attached hydrogens (tertiary/aromatic N) is 4. The number of fused-ring (bicyclic) bond motifs is 2. The Morgan fingerprint density at radius 3 is 2.80 bits per heavy atom. The summed E-state index contributed by atoms with van der Waals surface area (Å²) < 4.78 is 24.2. The number of hydrogen-bond acceptors (Lipinski definition) is 11. The van der Waals surface area contributed by atoms with Crippen LogP contribution >= 0.6 is 16.0 Å². The Bertz CT molecular complexity index is 842. The summed E-state index contributed by atoms with van der Waals surface area (Å²) in [5.74, 6) is -0.544. The van der Waals surface area contributed by atoms with Crippen molar-refractivity contribution >= 4 is 27.4 Å². The van der Waals surface area contributed by atoms with Gasteiger partial charge in [-0.3, -0.25) is 0 Å². The van der Waals surface area contributed by atoms with Crippen LogP contribution in [-0.2, 0) is 13.8 Å². The second-order valence-electron chi connectivity index (χ2n) is 6.06. The van der Waals surface area contributed by atoms with Gasteiger partial charge in [-0.2, -0.15) is 0 Å². The number of aliphatic hydroxyl groups excluding tert-OH is 1. The molecule has 4 rings (SSSR count). The Kier molecular flexibility index (Phi) is 4.06. The fourth-order valence-corrected chi connectivity index (χ4v) is 5.57. The fourth-order valence-electron chi connectivity index (χ4n) is 3.09. The third kappa shape index (κ3) is 3.05. The average molecular weight is 393 g/mol. The van der Waals surface area contributed by atoms with Crippen molar-refractivity contribution in [3.05, 3.63) is 18.2 Å². The van der Waals surface area contributed by atoms with Gasteiger partial charge >= 0.3 is 141 Å². The van der Waals surface area contributed by atoms with Gasteiger partial charge in [0, 0.05) is 0 Å². The molecule has 14 heteroatoms. The Balaban J connectivity index is 1.46. The van der Waals surface area contributed by atoms with E-state index in [1.807, 2.05) is 0 Å². The van der Waals surface area contributed by atoms with Crippen molar-refractivity contribution in [2.24, 2.45) is 5.92 Å². The zero-order chi connectivity index (χ0) is 17.9. The van der Waals surface area contributed by atoms with E-state index in [4.69, 9.17) is 29.7 Å². The third-order valence-corrected chi connectivity index (χ3v) is 7.82. The summed E-state index contributed by atoms with van der Waals surface area (Å²) >= 11 is 0. The normalized spacial score (nSPS) is 33.4. The van der Waals surface area contributed by atoms with Crippen molar-refractivity contribution in [2.45, 2.75) is 24.4 Å². The second-order valence-corrected chi connectivity index (χ2v) is 10.0. The molecule has 1 aliphatic heterocycles. The summed E-state index contributed by atoms with van der Waals surface area (Å²) in [6, 6.07) is 0. The Morgan fingerprint density at radius 1 is 1.40 bits per heavy atom. The van der Waals surface area contributed by atoms with E-state index >= 15 is 0 Å². The van der Waals surface area contributed by atoms with E-state index < -0.39 is 52.2 Å². The number of aliphatic hydroxyl groups is 1. The predicted molar refractivity (Wildman–Crippen MR) is 86.0 cm³/mol. The van der Waals surface area contributed by atoms with E-state index in [2.05, 4.69) is 15.2 Å². The summed E-state index contributed by atoms with van der Waals surface area (Å²) in [6.45, 7) is 0. The molecule has 0 amide bonds. The Labute approximate surface area is 141 Å². The number of nitrogens with two attached hydrogens (primary N) is 1. The molecule has 1 aliphatic carbocycles. The molecule has 0 aromatic carbocycles. The number of nitrogen functional groups attached to an aromatic ring is 1. The van der Waals surface area contributed by atoms with Crippen molar-refractivity contribution in [1.29, 1.82) is 0 Å².